The van der Waals surface area contributed by atoms with Gasteiger partial charge in [0.1, 0.15) is 11.6 Å². The molecule has 19 heavy (non-hydrogen) atoms. The number of nitrogens with zero attached hydrogens (tertiary/aromatic N) is 2. The van der Waals surface area contributed by atoms with Crippen LogP contribution in [0.4, 0.5) is 5.82 Å². The lowest BCUT2D eigenvalue weighted by molar-refractivity contribution is 0.631. The van der Waals surface area contributed by atoms with Gasteiger partial charge in [0.25, 0.3) is 0 Å². The third-order valence-electron chi connectivity index (χ3n) is 2.71. The fourth-order valence-corrected chi connectivity index (χ4v) is 2.45. The normalized spacial score (nSPS) is 10.9. The molecule has 0 bridgehead atoms. The molecule has 0 fully saturated rings. The molecule has 0 amide bonds. The lowest BCUT2D eigenvalue weighted by atomic mass is 10.1. The average Bonchev–Trinajstić information content (AvgIpc) is 2.26. The number of hydrogen-bond acceptors (Lipinski definition) is 3. The molecule has 4 heteroatoms. The van der Waals surface area contributed by atoms with Crippen LogP contribution in [0, 0.1) is 5.92 Å². The van der Waals surface area contributed by atoms with Crippen LogP contribution in [0.25, 0.3) is 0 Å². The van der Waals surface area contributed by atoms with Crippen LogP contribution in [-0.2, 0) is 12.8 Å². The minimum Gasteiger partial charge on any atom is -0.384 e. The Bertz CT molecular complexity index is 567. The van der Waals surface area contributed by atoms with Gasteiger partial charge in [-0.3, -0.25) is 0 Å². The molecule has 0 unspecified atom stereocenters. The molecule has 2 N–H and O–H groups in total. The molecule has 2 rings (SSSR count). The van der Waals surface area contributed by atoms with Crippen LogP contribution in [0.15, 0.2) is 34.8 Å². The third-order valence-corrected chi connectivity index (χ3v) is 3.21. The van der Waals surface area contributed by atoms with Crippen LogP contribution in [0.1, 0.15) is 30.9 Å². The van der Waals surface area contributed by atoms with Crippen LogP contribution in [-0.4, -0.2) is 9.97 Å². The molecule has 0 atom stereocenters. The summed E-state index contributed by atoms with van der Waals surface area (Å²) in [5, 5.41) is 0. The standard InChI is InChI=1S/C15H18BrN3/c1-10(2)6-13-9-14(17)19-15(18-13)8-11-4-3-5-12(16)7-11/h3-5,7,9-10H,6,8H2,1-2H3,(H2,17,18,19). The highest BCUT2D eigenvalue weighted by molar-refractivity contribution is 9.10. The van der Waals surface area contributed by atoms with E-state index in [1.54, 1.807) is 0 Å². The second-order valence-corrected chi connectivity index (χ2v) is 6.02. The van der Waals surface area contributed by atoms with E-state index in [1.807, 2.05) is 18.2 Å². The molecule has 0 aliphatic carbocycles. The van der Waals surface area contributed by atoms with Gasteiger partial charge < -0.3 is 5.73 Å². The lowest BCUT2D eigenvalue weighted by Crippen LogP contribution is -2.06. The molecule has 1 aromatic carbocycles. The van der Waals surface area contributed by atoms with E-state index >= 15 is 0 Å². The smallest absolute Gasteiger partial charge is 0.135 e. The monoisotopic (exact) mass is 319 g/mol. The van der Waals surface area contributed by atoms with Crippen LogP contribution >= 0.6 is 15.9 Å². The van der Waals surface area contributed by atoms with E-state index < -0.39 is 0 Å². The largest absolute Gasteiger partial charge is 0.384 e. The summed E-state index contributed by atoms with van der Waals surface area (Å²) in [6, 6.07) is 10.0. The molecule has 3 nitrogen and oxygen atoms in total. The van der Waals surface area contributed by atoms with Crippen molar-refractivity contribution in [2.75, 3.05) is 5.73 Å². The molecule has 0 saturated heterocycles. The van der Waals surface area contributed by atoms with Gasteiger partial charge in [0.15, 0.2) is 0 Å². The van der Waals surface area contributed by atoms with Gasteiger partial charge in [0.05, 0.1) is 0 Å². The van der Waals surface area contributed by atoms with E-state index in [0.29, 0.717) is 18.2 Å². The highest BCUT2D eigenvalue weighted by Crippen LogP contribution is 2.15. The number of rotatable bonds is 4. The fraction of sp³-hybridized carbons (Fsp3) is 0.333. The molecule has 0 aliphatic rings. The molecular formula is C15H18BrN3. The number of aromatic nitrogens is 2. The van der Waals surface area contributed by atoms with E-state index in [9.17, 15) is 0 Å². The van der Waals surface area contributed by atoms with Gasteiger partial charge in [-0.05, 0) is 30.0 Å². The van der Waals surface area contributed by atoms with Crippen molar-refractivity contribution in [1.29, 1.82) is 0 Å². The predicted molar refractivity (Wildman–Crippen MR) is 81.9 cm³/mol. The second kappa shape index (κ2) is 6.15. The highest BCUT2D eigenvalue weighted by Gasteiger charge is 2.06. The van der Waals surface area contributed by atoms with Crippen molar-refractivity contribution in [1.82, 2.24) is 9.97 Å². The number of nitrogen functional groups attached to an aromatic ring is 1. The lowest BCUT2D eigenvalue weighted by Gasteiger charge is -2.08. The zero-order valence-corrected chi connectivity index (χ0v) is 12.8. The molecule has 0 radical (unpaired) electrons. The number of hydrogen-bond donors (Lipinski definition) is 1. The third kappa shape index (κ3) is 4.31. The van der Waals surface area contributed by atoms with E-state index in [-0.39, 0.29) is 0 Å². The first-order valence-electron chi connectivity index (χ1n) is 6.39. The van der Waals surface area contributed by atoms with Crippen molar-refractivity contribution in [3.05, 3.63) is 51.9 Å². The van der Waals surface area contributed by atoms with Crippen molar-refractivity contribution in [3.63, 3.8) is 0 Å². The van der Waals surface area contributed by atoms with Crippen LogP contribution in [0.2, 0.25) is 0 Å². The molecule has 1 heterocycles. The van der Waals surface area contributed by atoms with E-state index in [2.05, 4.69) is 51.9 Å². The van der Waals surface area contributed by atoms with Gasteiger partial charge in [-0.25, -0.2) is 9.97 Å². The first-order valence-corrected chi connectivity index (χ1v) is 7.19. The topological polar surface area (TPSA) is 51.8 Å². The quantitative estimate of drug-likeness (QED) is 0.936. The first-order chi connectivity index (χ1) is 9.02. The van der Waals surface area contributed by atoms with Crippen molar-refractivity contribution in [3.8, 4) is 0 Å². The minimum atomic E-state index is 0.552. The number of nitrogens with two attached hydrogens (primary N) is 1. The molecule has 0 spiro atoms. The molecule has 0 aliphatic heterocycles. The van der Waals surface area contributed by atoms with E-state index in [0.717, 1.165) is 22.4 Å². The number of halogens is 1. The first kappa shape index (κ1) is 14.0. The Kier molecular flexibility index (Phi) is 4.53. The number of benzene rings is 1. The molecule has 1 aromatic heterocycles. The summed E-state index contributed by atoms with van der Waals surface area (Å²) >= 11 is 3.47. The van der Waals surface area contributed by atoms with Gasteiger partial charge >= 0.3 is 0 Å². The summed E-state index contributed by atoms with van der Waals surface area (Å²) in [4.78, 5) is 8.91. The summed E-state index contributed by atoms with van der Waals surface area (Å²) in [6.07, 6.45) is 1.63. The van der Waals surface area contributed by atoms with Gasteiger partial charge in [0.2, 0.25) is 0 Å². The van der Waals surface area contributed by atoms with E-state index in [1.165, 1.54) is 5.56 Å². The Labute approximate surface area is 122 Å². The summed E-state index contributed by atoms with van der Waals surface area (Å²) in [7, 11) is 0. The minimum absolute atomic E-state index is 0.552. The van der Waals surface area contributed by atoms with Crippen LogP contribution in [0.5, 0.6) is 0 Å². The Morgan fingerprint density at radius 2 is 2.00 bits per heavy atom. The summed E-state index contributed by atoms with van der Waals surface area (Å²) in [5.41, 5.74) is 8.06. The summed E-state index contributed by atoms with van der Waals surface area (Å²) in [5.74, 6) is 1.90. The van der Waals surface area contributed by atoms with Gasteiger partial charge in [-0.1, -0.05) is 41.9 Å². The zero-order chi connectivity index (χ0) is 13.8. The molecule has 100 valence electrons. The van der Waals surface area contributed by atoms with Crippen molar-refractivity contribution in [2.24, 2.45) is 5.92 Å². The van der Waals surface area contributed by atoms with Crippen molar-refractivity contribution in [2.45, 2.75) is 26.7 Å². The van der Waals surface area contributed by atoms with Crippen LogP contribution < -0.4 is 5.73 Å². The molecule has 2 aromatic rings. The SMILES string of the molecule is CC(C)Cc1cc(N)nc(Cc2cccc(Br)c2)n1. The highest BCUT2D eigenvalue weighted by atomic mass is 79.9. The van der Waals surface area contributed by atoms with Gasteiger partial charge in [-0.15, -0.1) is 0 Å². The Morgan fingerprint density at radius 3 is 2.68 bits per heavy atom. The van der Waals surface area contributed by atoms with Crippen LogP contribution in [0.3, 0.4) is 0 Å². The van der Waals surface area contributed by atoms with E-state index in [4.69, 9.17) is 5.73 Å². The number of anilines is 1. The Morgan fingerprint density at radius 1 is 1.21 bits per heavy atom. The molecule has 0 saturated carbocycles. The Balaban J connectivity index is 2.22. The van der Waals surface area contributed by atoms with Crippen molar-refractivity contribution >= 4 is 21.7 Å². The summed E-state index contributed by atoms with van der Waals surface area (Å²) in [6.45, 7) is 4.35. The predicted octanol–water partition coefficient (Wildman–Crippen LogP) is 3.61. The van der Waals surface area contributed by atoms with Gasteiger partial charge in [0, 0.05) is 22.7 Å². The van der Waals surface area contributed by atoms with Gasteiger partial charge in [-0.2, -0.15) is 0 Å². The van der Waals surface area contributed by atoms with Crippen molar-refractivity contribution < 1.29 is 0 Å². The zero-order valence-electron chi connectivity index (χ0n) is 11.2. The maximum absolute atomic E-state index is 5.86. The molecular weight excluding hydrogens is 302 g/mol. The average molecular weight is 320 g/mol. The maximum atomic E-state index is 5.86. The summed E-state index contributed by atoms with van der Waals surface area (Å²) < 4.78 is 1.07. The Hall–Kier alpha value is -1.42. The maximum Gasteiger partial charge on any atom is 0.135 e. The fourth-order valence-electron chi connectivity index (χ4n) is 2.01. The second-order valence-electron chi connectivity index (χ2n) is 5.11.